The van der Waals surface area contributed by atoms with Gasteiger partial charge in [-0.05, 0) is 18.8 Å². The zero-order valence-electron chi connectivity index (χ0n) is 10.4. The lowest BCUT2D eigenvalue weighted by Gasteiger charge is -2.13. The molecule has 19 heavy (non-hydrogen) atoms. The van der Waals surface area contributed by atoms with E-state index in [1.165, 1.54) is 12.8 Å². The highest BCUT2D eigenvalue weighted by atomic mass is 35.5. The predicted molar refractivity (Wildman–Crippen MR) is 78.7 cm³/mol. The first-order valence-corrected chi connectivity index (χ1v) is 7.29. The summed E-state index contributed by atoms with van der Waals surface area (Å²) in [7, 11) is 0. The largest absolute Gasteiger partial charge is 0.216 e. The summed E-state index contributed by atoms with van der Waals surface area (Å²) < 4.78 is 0. The van der Waals surface area contributed by atoms with Gasteiger partial charge in [0.15, 0.2) is 5.82 Å². The van der Waals surface area contributed by atoms with Crippen LogP contribution in [0.2, 0.25) is 10.3 Å². The Labute approximate surface area is 122 Å². The van der Waals surface area contributed by atoms with Crippen molar-refractivity contribution in [3.8, 4) is 11.4 Å². The van der Waals surface area contributed by atoms with E-state index in [1.807, 2.05) is 30.3 Å². The van der Waals surface area contributed by atoms with E-state index in [0.29, 0.717) is 22.0 Å². The van der Waals surface area contributed by atoms with Crippen LogP contribution < -0.4 is 0 Å². The highest BCUT2D eigenvalue weighted by Gasteiger charge is 2.24. The van der Waals surface area contributed by atoms with Gasteiger partial charge in [-0.3, -0.25) is 0 Å². The Hall–Kier alpha value is -1.12. The lowest BCUT2D eigenvalue weighted by Crippen LogP contribution is -2.01. The number of hydrogen-bond donors (Lipinski definition) is 0. The molecular weight excluding hydrogens is 279 g/mol. The normalized spacial score (nSPS) is 15.9. The van der Waals surface area contributed by atoms with E-state index in [0.717, 1.165) is 24.0 Å². The summed E-state index contributed by atoms with van der Waals surface area (Å²) >= 11 is 12.7. The number of halogens is 2. The van der Waals surface area contributed by atoms with Gasteiger partial charge in [0.1, 0.15) is 10.3 Å². The Morgan fingerprint density at radius 2 is 1.47 bits per heavy atom. The molecule has 0 aliphatic heterocycles. The topological polar surface area (TPSA) is 25.8 Å². The third-order valence-electron chi connectivity index (χ3n) is 3.65. The number of aromatic nitrogens is 2. The van der Waals surface area contributed by atoms with Gasteiger partial charge in [-0.15, -0.1) is 0 Å². The van der Waals surface area contributed by atoms with Crippen LogP contribution in [-0.2, 0) is 0 Å². The summed E-state index contributed by atoms with van der Waals surface area (Å²) in [6.07, 6.45) is 4.73. The van der Waals surface area contributed by atoms with Crippen molar-refractivity contribution in [2.75, 3.05) is 0 Å². The summed E-state index contributed by atoms with van der Waals surface area (Å²) in [6, 6.07) is 9.77. The van der Waals surface area contributed by atoms with Gasteiger partial charge in [0.2, 0.25) is 0 Å². The van der Waals surface area contributed by atoms with E-state index >= 15 is 0 Å². The molecule has 1 fully saturated rings. The minimum absolute atomic E-state index is 0.421. The molecule has 2 nitrogen and oxygen atoms in total. The first-order valence-electron chi connectivity index (χ1n) is 6.54. The summed E-state index contributed by atoms with van der Waals surface area (Å²) in [6.45, 7) is 0. The lowest BCUT2D eigenvalue weighted by atomic mass is 10.0. The third-order valence-corrected chi connectivity index (χ3v) is 4.22. The summed E-state index contributed by atoms with van der Waals surface area (Å²) in [5, 5.41) is 1.01. The second-order valence-corrected chi connectivity index (χ2v) is 5.61. The van der Waals surface area contributed by atoms with Crippen LogP contribution in [0.1, 0.15) is 37.2 Å². The Kier molecular flexibility index (Phi) is 3.72. The van der Waals surface area contributed by atoms with Crippen molar-refractivity contribution in [2.45, 2.75) is 31.6 Å². The highest BCUT2D eigenvalue weighted by molar-refractivity contribution is 6.34. The number of hydrogen-bond acceptors (Lipinski definition) is 2. The maximum Gasteiger partial charge on any atom is 0.162 e. The van der Waals surface area contributed by atoms with Crippen LogP contribution in [0.25, 0.3) is 11.4 Å². The molecule has 0 unspecified atom stereocenters. The Balaban J connectivity index is 2.02. The molecule has 0 N–H and O–H groups in total. The first-order chi connectivity index (χ1) is 9.25. The fraction of sp³-hybridized carbons (Fsp3) is 0.333. The van der Waals surface area contributed by atoms with Crippen LogP contribution in [0.5, 0.6) is 0 Å². The molecule has 0 atom stereocenters. The maximum atomic E-state index is 6.33. The number of benzene rings is 1. The Bertz CT molecular complexity index is 555. The summed E-state index contributed by atoms with van der Waals surface area (Å²) in [5.74, 6) is 1.02. The fourth-order valence-corrected chi connectivity index (χ4v) is 3.38. The minimum Gasteiger partial charge on any atom is -0.216 e. The van der Waals surface area contributed by atoms with E-state index in [2.05, 4.69) is 9.97 Å². The highest BCUT2D eigenvalue weighted by Crippen LogP contribution is 2.40. The molecule has 3 rings (SSSR count). The van der Waals surface area contributed by atoms with E-state index in [1.54, 1.807) is 0 Å². The van der Waals surface area contributed by atoms with Crippen LogP contribution in [0, 0.1) is 0 Å². The van der Waals surface area contributed by atoms with E-state index in [4.69, 9.17) is 23.2 Å². The Morgan fingerprint density at radius 3 is 2.05 bits per heavy atom. The Morgan fingerprint density at radius 1 is 0.895 bits per heavy atom. The third kappa shape index (κ3) is 2.60. The molecule has 1 heterocycles. The first kappa shape index (κ1) is 12.9. The standard InChI is InChI=1S/C15H14Cl2N2/c16-13-12(10-6-4-5-7-10)14(17)19-15(18-13)11-8-2-1-3-9-11/h1-3,8-10H,4-7H2. The molecule has 4 heteroatoms. The van der Waals surface area contributed by atoms with Gasteiger partial charge in [0, 0.05) is 11.1 Å². The molecule has 1 aliphatic carbocycles. The zero-order valence-corrected chi connectivity index (χ0v) is 12.0. The van der Waals surface area contributed by atoms with E-state index in [-0.39, 0.29) is 0 Å². The molecule has 0 bridgehead atoms. The monoisotopic (exact) mass is 292 g/mol. The van der Waals surface area contributed by atoms with Gasteiger partial charge >= 0.3 is 0 Å². The van der Waals surface area contributed by atoms with Gasteiger partial charge in [0.25, 0.3) is 0 Å². The van der Waals surface area contributed by atoms with Crippen molar-refractivity contribution in [1.82, 2.24) is 9.97 Å². The number of rotatable bonds is 2. The zero-order chi connectivity index (χ0) is 13.2. The van der Waals surface area contributed by atoms with Crippen molar-refractivity contribution >= 4 is 23.2 Å². The van der Waals surface area contributed by atoms with Gasteiger partial charge in [-0.25, -0.2) is 9.97 Å². The van der Waals surface area contributed by atoms with Crippen LogP contribution in [0.15, 0.2) is 30.3 Å². The molecule has 98 valence electrons. The second kappa shape index (κ2) is 5.48. The van der Waals surface area contributed by atoms with Crippen molar-refractivity contribution in [3.63, 3.8) is 0 Å². The quantitative estimate of drug-likeness (QED) is 0.719. The molecule has 1 aliphatic rings. The minimum atomic E-state index is 0.421. The van der Waals surface area contributed by atoms with Crippen molar-refractivity contribution in [2.24, 2.45) is 0 Å². The van der Waals surface area contributed by atoms with Gasteiger partial charge < -0.3 is 0 Å². The SMILES string of the molecule is Clc1nc(-c2ccccc2)nc(Cl)c1C1CCCC1. The van der Waals surface area contributed by atoms with Crippen molar-refractivity contribution in [3.05, 3.63) is 46.2 Å². The second-order valence-electron chi connectivity index (χ2n) is 4.89. The maximum absolute atomic E-state index is 6.33. The van der Waals surface area contributed by atoms with Gasteiger partial charge in [-0.2, -0.15) is 0 Å². The predicted octanol–water partition coefficient (Wildman–Crippen LogP) is 5.11. The molecule has 0 spiro atoms. The van der Waals surface area contributed by atoms with Gasteiger partial charge in [-0.1, -0.05) is 66.4 Å². The fourth-order valence-electron chi connectivity index (χ4n) is 2.68. The van der Waals surface area contributed by atoms with E-state index < -0.39 is 0 Å². The van der Waals surface area contributed by atoms with Crippen LogP contribution in [0.4, 0.5) is 0 Å². The average Bonchev–Trinajstić information content (AvgIpc) is 2.93. The molecule has 1 aromatic heterocycles. The molecule has 1 aromatic carbocycles. The molecule has 0 saturated heterocycles. The van der Waals surface area contributed by atoms with Crippen LogP contribution in [-0.4, -0.2) is 9.97 Å². The smallest absolute Gasteiger partial charge is 0.162 e. The summed E-state index contributed by atoms with van der Waals surface area (Å²) in [5.41, 5.74) is 1.87. The average molecular weight is 293 g/mol. The molecule has 0 radical (unpaired) electrons. The van der Waals surface area contributed by atoms with Crippen molar-refractivity contribution < 1.29 is 0 Å². The lowest BCUT2D eigenvalue weighted by molar-refractivity contribution is 0.715. The molecule has 2 aromatic rings. The van der Waals surface area contributed by atoms with E-state index in [9.17, 15) is 0 Å². The van der Waals surface area contributed by atoms with Crippen molar-refractivity contribution in [1.29, 1.82) is 0 Å². The van der Waals surface area contributed by atoms with Gasteiger partial charge in [0.05, 0.1) is 0 Å². The molecular formula is C15H14Cl2N2. The molecule has 1 saturated carbocycles. The number of nitrogens with zero attached hydrogens (tertiary/aromatic N) is 2. The molecule has 0 amide bonds. The van der Waals surface area contributed by atoms with Crippen LogP contribution >= 0.6 is 23.2 Å². The van der Waals surface area contributed by atoms with Crippen LogP contribution in [0.3, 0.4) is 0 Å². The summed E-state index contributed by atoms with van der Waals surface area (Å²) in [4.78, 5) is 8.84.